The summed E-state index contributed by atoms with van der Waals surface area (Å²) in [5.41, 5.74) is 0.455. The summed E-state index contributed by atoms with van der Waals surface area (Å²) in [5, 5.41) is 21.0. The number of nitrogens with zero attached hydrogens (tertiary/aromatic N) is 1. The molecule has 0 saturated heterocycles. The quantitative estimate of drug-likeness (QED) is 0.608. The minimum Gasteiger partial charge on any atom is -0.393 e. The molecule has 1 aliphatic carbocycles. The van der Waals surface area contributed by atoms with Gasteiger partial charge in [-0.2, -0.15) is 5.10 Å². The van der Waals surface area contributed by atoms with Crippen LogP contribution in [0.25, 0.3) is 0 Å². The fraction of sp³-hybridized carbons (Fsp3) is 0.583. The molecule has 0 atom stereocenters. The van der Waals surface area contributed by atoms with E-state index in [4.69, 9.17) is 0 Å². The largest absolute Gasteiger partial charge is 0.393 e. The number of carbonyl (C=O) groups excluding carboxylic acids is 2. The Hall–Kier alpha value is -1.89. The molecule has 2 rings (SSSR count). The molecule has 2 amide bonds. The topological polar surface area (TPSA) is 107 Å². The summed E-state index contributed by atoms with van der Waals surface area (Å²) < 4.78 is 0. The molecule has 0 radical (unpaired) electrons. The summed E-state index contributed by atoms with van der Waals surface area (Å²) in [6, 6.07) is 1.49. The van der Waals surface area contributed by atoms with Gasteiger partial charge in [0.25, 0.3) is 11.8 Å². The van der Waals surface area contributed by atoms with Gasteiger partial charge in [0.2, 0.25) is 0 Å². The van der Waals surface area contributed by atoms with Crippen molar-refractivity contribution < 1.29 is 14.7 Å². The van der Waals surface area contributed by atoms with Gasteiger partial charge in [-0.1, -0.05) is 0 Å². The zero-order valence-corrected chi connectivity index (χ0v) is 10.8. The molecule has 104 valence electrons. The van der Waals surface area contributed by atoms with Crippen molar-refractivity contribution >= 4 is 11.8 Å². The number of aliphatic hydroxyl groups is 1. The Balaban J connectivity index is 1.93. The monoisotopic (exact) mass is 266 g/mol. The lowest BCUT2D eigenvalue weighted by atomic mass is 9.93. The van der Waals surface area contributed by atoms with Gasteiger partial charge in [-0.3, -0.25) is 14.7 Å². The van der Waals surface area contributed by atoms with Gasteiger partial charge in [0.15, 0.2) is 5.69 Å². The first kappa shape index (κ1) is 13.5. The maximum atomic E-state index is 11.9. The number of hydrogen-bond acceptors (Lipinski definition) is 4. The fourth-order valence-corrected chi connectivity index (χ4v) is 2.17. The Morgan fingerprint density at radius 3 is 2.63 bits per heavy atom. The first-order chi connectivity index (χ1) is 9.10. The van der Waals surface area contributed by atoms with Crippen LogP contribution in [0.4, 0.5) is 0 Å². The van der Waals surface area contributed by atoms with Gasteiger partial charge in [0.1, 0.15) is 5.69 Å². The van der Waals surface area contributed by atoms with Crippen LogP contribution < -0.4 is 10.6 Å². The summed E-state index contributed by atoms with van der Waals surface area (Å²) in [4.78, 5) is 23.3. The van der Waals surface area contributed by atoms with E-state index in [1.165, 1.54) is 13.1 Å². The normalized spacial score (nSPS) is 22.8. The third-order valence-corrected chi connectivity index (χ3v) is 3.31. The van der Waals surface area contributed by atoms with E-state index in [9.17, 15) is 14.7 Å². The molecule has 0 bridgehead atoms. The summed E-state index contributed by atoms with van der Waals surface area (Å²) in [7, 11) is 1.51. The number of aliphatic hydroxyl groups excluding tert-OH is 1. The number of rotatable bonds is 3. The molecule has 1 aromatic rings. The Bertz CT molecular complexity index is 463. The number of carbonyl (C=O) groups is 2. The van der Waals surface area contributed by atoms with Gasteiger partial charge in [0, 0.05) is 19.2 Å². The van der Waals surface area contributed by atoms with Crippen molar-refractivity contribution in [3.8, 4) is 0 Å². The van der Waals surface area contributed by atoms with Crippen molar-refractivity contribution in [1.29, 1.82) is 0 Å². The van der Waals surface area contributed by atoms with Crippen molar-refractivity contribution in [3.63, 3.8) is 0 Å². The molecule has 0 spiro atoms. The number of aromatic amines is 1. The second-order valence-corrected chi connectivity index (χ2v) is 4.72. The van der Waals surface area contributed by atoms with Crippen molar-refractivity contribution in [3.05, 3.63) is 17.5 Å². The average molecular weight is 266 g/mol. The van der Waals surface area contributed by atoms with Crippen LogP contribution in [0, 0.1) is 0 Å². The Kier molecular flexibility index (Phi) is 4.16. The average Bonchev–Trinajstić information content (AvgIpc) is 2.90. The van der Waals surface area contributed by atoms with Gasteiger partial charge in [-0.25, -0.2) is 0 Å². The molecule has 1 saturated carbocycles. The highest BCUT2D eigenvalue weighted by Gasteiger charge is 2.22. The Morgan fingerprint density at radius 1 is 1.32 bits per heavy atom. The van der Waals surface area contributed by atoms with E-state index in [2.05, 4.69) is 20.8 Å². The number of H-pyrrole nitrogens is 1. The zero-order chi connectivity index (χ0) is 13.8. The number of amides is 2. The minimum absolute atomic E-state index is 0.0658. The van der Waals surface area contributed by atoms with Crippen LogP contribution in [0.2, 0.25) is 0 Å². The lowest BCUT2D eigenvalue weighted by Crippen LogP contribution is -2.38. The van der Waals surface area contributed by atoms with Crippen LogP contribution in [-0.4, -0.2) is 46.3 Å². The van der Waals surface area contributed by atoms with E-state index < -0.39 is 0 Å². The molecule has 0 aromatic carbocycles. The molecule has 19 heavy (non-hydrogen) atoms. The third kappa shape index (κ3) is 3.31. The van der Waals surface area contributed by atoms with Gasteiger partial charge in [0.05, 0.1) is 6.10 Å². The summed E-state index contributed by atoms with van der Waals surface area (Å²) in [6.45, 7) is 0. The van der Waals surface area contributed by atoms with Gasteiger partial charge in [-0.05, 0) is 25.7 Å². The van der Waals surface area contributed by atoms with Crippen molar-refractivity contribution in [2.75, 3.05) is 7.05 Å². The maximum Gasteiger partial charge on any atom is 0.272 e. The SMILES string of the molecule is CNC(=O)c1cc(C(=O)NC2CCC(O)CC2)n[nH]1. The summed E-state index contributed by atoms with van der Waals surface area (Å²) in [6.07, 6.45) is 2.68. The van der Waals surface area contributed by atoms with Gasteiger partial charge < -0.3 is 15.7 Å². The van der Waals surface area contributed by atoms with E-state index in [1.54, 1.807) is 0 Å². The summed E-state index contributed by atoms with van der Waals surface area (Å²) >= 11 is 0. The number of hydrogen-bond donors (Lipinski definition) is 4. The standard InChI is InChI=1S/C12H18N4O3/c1-13-11(18)9-6-10(16-15-9)12(19)14-7-2-4-8(17)5-3-7/h6-8,17H,2-5H2,1H3,(H,13,18)(H,14,19)(H,15,16). The molecule has 0 unspecified atom stereocenters. The fourth-order valence-electron chi connectivity index (χ4n) is 2.17. The van der Waals surface area contributed by atoms with E-state index >= 15 is 0 Å². The molecule has 1 heterocycles. The predicted octanol–water partition coefficient (Wildman–Crippen LogP) is -0.197. The van der Waals surface area contributed by atoms with E-state index in [0.717, 1.165) is 12.8 Å². The van der Waals surface area contributed by atoms with E-state index in [0.29, 0.717) is 12.8 Å². The van der Waals surface area contributed by atoms with Gasteiger partial charge >= 0.3 is 0 Å². The van der Waals surface area contributed by atoms with Crippen molar-refractivity contribution in [2.24, 2.45) is 0 Å². The maximum absolute atomic E-state index is 11.9. The lowest BCUT2D eigenvalue weighted by molar-refractivity contribution is 0.0863. The van der Waals surface area contributed by atoms with Crippen LogP contribution >= 0.6 is 0 Å². The van der Waals surface area contributed by atoms with Gasteiger partial charge in [-0.15, -0.1) is 0 Å². The third-order valence-electron chi connectivity index (χ3n) is 3.31. The second kappa shape index (κ2) is 5.83. The highest BCUT2D eigenvalue weighted by atomic mass is 16.3. The molecule has 7 heteroatoms. The first-order valence-corrected chi connectivity index (χ1v) is 6.36. The smallest absolute Gasteiger partial charge is 0.272 e. The van der Waals surface area contributed by atoms with Crippen LogP contribution in [-0.2, 0) is 0 Å². The number of nitrogens with one attached hydrogen (secondary N) is 3. The minimum atomic E-state index is -0.313. The lowest BCUT2D eigenvalue weighted by Gasteiger charge is -2.25. The molecule has 1 aromatic heterocycles. The number of aromatic nitrogens is 2. The molecule has 1 fully saturated rings. The second-order valence-electron chi connectivity index (χ2n) is 4.72. The van der Waals surface area contributed by atoms with E-state index in [1.807, 2.05) is 0 Å². The zero-order valence-electron chi connectivity index (χ0n) is 10.8. The highest BCUT2D eigenvalue weighted by Crippen LogP contribution is 2.18. The summed E-state index contributed by atoms with van der Waals surface area (Å²) in [5.74, 6) is -0.611. The predicted molar refractivity (Wildman–Crippen MR) is 67.7 cm³/mol. The highest BCUT2D eigenvalue weighted by molar-refractivity contribution is 5.97. The van der Waals surface area contributed by atoms with Crippen LogP contribution in [0.15, 0.2) is 6.07 Å². The molecular formula is C12H18N4O3. The molecule has 4 N–H and O–H groups in total. The van der Waals surface area contributed by atoms with Crippen LogP contribution in [0.5, 0.6) is 0 Å². The molecule has 0 aliphatic heterocycles. The van der Waals surface area contributed by atoms with Crippen molar-refractivity contribution in [2.45, 2.75) is 37.8 Å². The molecule has 1 aliphatic rings. The van der Waals surface area contributed by atoms with Crippen LogP contribution in [0.1, 0.15) is 46.7 Å². The molecule has 7 nitrogen and oxygen atoms in total. The van der Waals surface area contributed by atoms with Crippen LogP contribution in [0.3, 0.4) is 0 Å². The van der Waals surface area contributed by atoms with E-state index in [-0.39, 0.29) is 35.3 Å². The Labute approximate surface area is 110 Å². The first-order valence-electron chi connectivity index (χ1n) is 6.36. The molecular weight excluding hydrogens is 248 g/mol. The van der Waals surface area contributed by atoms with Crippen molar-refractivity contribution in [1.82, 2.24) is 20.8 Å². The Morgan fingerprint density at radius 2 is 2.00 bits per heavy atom.